The molecule has 0 spiro atoms. The van der Waals surface area contributed by atoms with Crippen LogP contribution in [0.25, 0.3) is 5.69 Å². The van der Waals surface area contributed by atoms with E-state index >= 15 is 0 Å². The van der Waals surface area contributed by atoms with E-state index in [9.17, 15) is 4.79 Å². The summed E-state index contributed by atoms with van der Waals surface area (Å²) in [5, 5.41) is 4.78. The summed E-state index contributed by atoms with van der Waals surface area (Å²) in [5.41, 5.74) is 5.42. The molecule has 2 aromatic rings. The van der Waals surface area contributed by atoms with E-state index in [1.165, 1.54) is 37.9 Å². The number of aryl methyl sites for hydroxylation is 2. The summed E-state index contributed by atoms with van der Waals surface area (Å²) in [6, 6.07) is 8.66. The lowest BCUT2D eigenvalue weighted by Crippen LogP contribution is -2.49. The van der Waals surface area contributed by atoms with Crippen LogP contribution in [-0.2, 0) is 11.2 Å². The van der Waals surface area contributed by atoms with Crippen molar-refractivity contribution in [3.8, 4) is 5.69 Å². The van der Waals surface area contributed by atoms with Crippen molar-refractivity contribution >= 4 is 5.91 Å². The number of hydrogen-bond acceptors (Lipinski definition) is 3. The molecule has 3 heterocycles. The molecule has 29 heavy (non-hydrogen) atoms. The Balaban J connectivity index is 1.52. The Morgan fingerprint density at radius 1 is 1.03 bits per heavy atom. The van der Waals surface area contributed by atoms with E-state index < -0.39 is 0 Å². The Hall–Kier alpha value is -2.14. The SMILES string of the molecule is Cc1ccccc1-n1nc(C)c(CC(=O)N2CCCC[C@@H]2CN2CCCC2)c1C. The molecule has 0 aliphatic carbocycles. The second-order valence-corrected chi connectivity index (χ2v) is 8.77. The Labute approximate surface area is 174 Å². The van der Waals surface area contributed by atoms with Gasteiger partial charge in [-0.3, -0.25) is 4.79 Å². The van der Waals surface area contributed by atoms with E-state index in [4.69, 9.17) is 5.10 Å². The van der Waals surface area contributed by atoms with Crippen molar-refractivity contribution in [3.63, 3.8) is 0 Å². The van der Waals surface area contributed by atoms with Gasteiger partial charge in [0.05, 0.1) is 17.8 Å². The monoisotopic (exact) mass is 394 g/mol. The van der Waals surface area contributed by atoms with Gasteiger partial charge in [-0.15, -0.1) is 0 Å². The van der Waals surface area contributed by atoms with Crippen molar-refractivity contribution < 1.29 is 4.79 Å². The van der Waals surface area contributed by atoms with Crippen molar-refractivity contribution in [3.05, 3.63) is 46.8 Å². The highest BCUT2D eigenvalue weighted by atomic mass is 16.2. The Kier molecular flexibility index (Phi) is 6.04. The molecule has 2 aliphatic rings. The summed E-state index contributed by atoms with van der Waals surface area (Å²) in [4.78, 5) is 18.1. The van der Waals surface area contributed by atoms with E-state index in [-0.39, 0.29) is 5.91 Å². The van der Waals surface area contributed by atoms with Crippen LogP contribution in [-0.4, -0.2) is 57.7 Å². The van der Waals surface area contributed by atoms with E-state index in [0.717, 1.165) is 48.6 Å². The second kappa shape index (κ2) is 8.70. The number of piperidine rings is 1. The molecule has 0 bridgehead atoms. The maximum Gasteiger partial charge on any atom is 0.227 e. The minimum atomic E-state index is 0.268. The highest BCUT2D eigenvalue weighted by Crippen LogP contribution is 2.24. The van der Waals surface area contributed by atoms with Crippen LogP contribution in [0.2, 0.25) is 0 Å². The Bertz CT molecular complexity index is 866. The van der Waals surface area contributed by atoms with Gasteiger partial charge in [0.2, 0.25) is 5.91 Å². The lowest BCUT2D eigenvalue weighted by Gasteiger charge is -2.38. The number of hydrogen-bond donors (Lipinski definition) is 0. The summed E-state index contributed by atoms with van der Waals surface area (Å²) in [5.74, 6) is 0.268. The molecule has 1 atom stereocenters. The fourth-order valence-electron chi connectivity index (χ4n) is 5.00. The topological polar surface area (TPSA) is 41.4 Å². The second-order valence-electron chi connectivity index (χ2n) is 8.77. The van der Waals surface area contributed by atoms with Gasteiger partial charge in [-0.2, -0.15) is 5.10 Å². The fourth-order valence-corrected chi connectivity index (χ4v) is 5.00. The third-order valence-electron chi connectivity index (χ3n) is 6.73. The van der Waals surface area contributed by atoms with Gasteiger partial charge in [0, 0.05) is 30.4 Å². The molecule has 0 unspecified atom stereocenters. The van der Waals surface area contributed by atoms with Crippen LogP contribution in [0.5, 0.6) is 0 Å². The largest absolute Gasteiger partial charge is 0.338 e. The number of carbonyl (C=O) groups is 1. The van der Waals surface area contributed by atoms with Crippen molar-refractivity contribution in [1.82, 2.24) is 19.6 Å². The van der Waals surface area contributed by atoms with Crippen molar-refractivity contribution in [2.45, 2.75) is 65.3 Å². The van der Waals surface area contributed by atoms with Gasteiger partial charge in [0.1, 0.15) is 0 Å². The molecular formula is C24H34N4O. The van der Waals surface area contributed by atoms with Crippen LogP contribution < -0.4 is 0 Å². The molecule has 1 aromatic carbocycles. The summed E-state index contributed by atoms with van der Waals surface area (Å²) in [7, 11) is 0. The van der Waals surface area contributed by atoms with Crippen LogP contribution in [0.4, 0.5) is 0 Å². The van der Waals surface area contributed by atoms with Crippen LogP contribution in [0.1, 0.15) is 54.6 Å². The average molecular weight is 395 g/mol. The number of para-hydroxylation sites is 1. The molecule has 156 valence electrons. The lowest BCUT2D eigenvalue weighted by atomic mass is 10.00. The number of likely N-dealkylation sites (tertiary alicyclic amines) is 2. The first-order valence-corrected chi connectivity index (χ1v) is 11.2. The number of rotatable bonds is 5. The molecule has 2 fully saturated rings. The standard InChI is InChI=1S/C24H34N4O/c1-18-10-4-5-12-23(18)28-20(3)22(19(2)25-28)16-24(29)27-15-7-6-11-21(27)17-26-13-8-9-14-26/h4-5,10,12,21H,6-9,11,13-17H2,1-3H3/t21-/m1/s1. The average Bonchev–Trinajstić information content (AvgIpc) is 3.32. The number of aromatic nitrogens is 2. The van der Waals surface area contributed by atoms with Crippen LogP contribution in [0, 0.1) is 20.8 Å². The van der Waals surface area contributed by atoms with Gasteiger partial charge >= 0.3 is 0 Å². The van der Waals surface area contributed by atoms with Gasteiger partial charge in [0.25, 0.3) is 0 Å². The molecule has 2 aliphatic heterocycles. The predicted octanol–water partition coefficient (Wildman–Crippen LogP) is 3.82. The molecule has 0 saturated carbocycles. The fraction of sp³-hybridized carbons (Fsp3) is 0.583. The minimum absolute atomic E-state index is 0.268. The first-order valence-electron chi connectivity index (χ1n) is 11.2. The Morgan fingerprint density at radius 2 is 1.76 bits per heavy atom. The van der Waals surface area contributed by atoms with Gasteiger partial charge in [-0.25, -0.2) is 4.68 Å². The number of nitrogens with zero attached hydrogens (tertiary/aromatic N) is 4. The summed E-state index contributed by atoms with van der Waals surface area (Å²) in [6.45, 7) is 10.6. The van der Waals surface area contributed by atoms with Gasteiger partial charge in [-0.1, -0.05) is 18.2 Å². The molecule has 0 N–H and O–H groups in total. The number of benzene rings is 1. The third-order valence-corrected chi connectivity index (χ3v) is 6.73. The minimum Gasteiger partial charge on any atom is -0.338 e. The number of amides is 1. The van der Waals surface area contributed by atoms with E-state index in [1.807, 2.05) is 23.7 Å². The smallest absolute Gasteiger partial charge is 0.227 e. The first kappa shape index (κ1) is 20.1. The van der Waals surface area contributed by atoms with E-state index in [2.05, 4.69) is 35.8 Å². The normalized spacial score (nSPS) is 20.4. The lowest BCUT2D eigenvalue weighted by molar-refractivity contribution is -0.134. The Morgan fingerprint density at radius 3 is 2.52 bits per heavy atom. The van der Waals surface area contributed by atoms with Crippen molar-refractivity contribution in [2.75, 3.05) is 26.2 Å². The van der Waals surface area contributed by atoms with Crippen LogP contribution >= 0.6 is 0 Å². The molecule has 1 amide bonds. The van der Waals surface area contributed by atoms with Gasteiger partial charge < -0.3 is 9.80 Å². The predicted molar refractivity (Wildman–Crippen MR) is 117 cm³/mol. The van der Waals surface area contributed by atoms with Crippen molar-refractivity contribution in [1.29, 1.82) is 0 Å². The van der Waals surface area contributed by atoms with Crippen LogP contribution in [0.15, 0.2) is 24.3 Å². The van der Waals surface area contributed by atoms with E-state index in [1.54, 1.807) is 0 Å². The zero-order chi connectivity index (χ0) is 20.4. The van der Waals surface area contributed by atoms with Crippen LogP contribution in [0.3, 0.4) is 0 Å². The molecule has 1 aromatic heterocycles. The summed E-state index contributed by atoms with van der Waals surface area (Å²) >= 11 is 0. The molecule has 5 nitrogen and oxygen atoms in total. The molecule has 4 rings (SSSR count). The quantitative estimate of drug-likeness (QED) is 0.774. The maximum absolute atomic E-state index is 13.3. The highest BCUT2D eigenvalue weighted by molar-refractivity contribution is 5.80. The summed E-state index contributed by atoms with van der Waals surface area (Å²) in [6.07, 6.45) is 6.57. The zero-order valence-electron chi connectivity index (χ0n) is 18.2. The van der Waals surface area contributed by atoms with Crippen molar-refractivity contribution in [2.24, 2.45) is 0 Å². The van der Waals surface area contributed by atoms with Gasteiger partial charge in [0.15, 0.2) is 0 Å². The molecule has 0 radical (unpaired) electrons. The van der Waals surface area contributed by atoms with Gasteiger partial charge in [-0.05, 0) is 77.6 Å². The maximum atomic E-state index is 13.3. The third kappa shape index (κ3) is 4.25. The molecule has 5 heteroatoms. The van der Waals surface area contributed by atoms with E-state index in [0.29, 0.717) is 12.5 Å². The molecule has 2 saturated heterocycles. The molecular weight excluding hydrogens is 360 g/mol. The highest BCUT2D eigenvalue weighted by Gasteiger charge is 2.30. The summed E-state index contributed by atoms with van der Waals surface area (Å²) < 4.78 is 2.01. The zero-order valence-corrected chi connectivity index (χ0v) is 18.2. The number of carbonyl (C=O) groups excluding carboxylic acids is 1. The first-order chi connectivity index (χ1) is 14.0.